The number of anilines is 3. The lowest BCUT2D eigenvalue weighted by Crippen LogP contribution is -2.12. The molecule has 30 heavy (non-hydrogen) atoms. The summed E-state index contributed by atoms with van der Waals surface area (Å²) in [5.41, 5.74) is 2.00. The number of H-pyrrole nitrogens is 1. The van der Waals surface area contributed by atoms with Crippen LogP contribution in [0.2, 0.25) is 0 Å². The summed E-state index contributed by atoms with van der Waals surface area (Å²) in [6, 6.07) is 7.76. The standard InChI is InChI=1S/C21H23N7OS/c1-2-17-24-20(26-18-16(11-22-28-18)12-3-4-12)27-21(25-17)30-15-9-7-14(8-10-15)23-19(29)13-5-6-13/h7-13H,2-6H2,1H3,(H,23,29)(H2,22,24,25,26,27,28). The van der Waals surface area contributed by atoms with Gasteiger partial charge in [-0.05, 0) is 67.6 Å². The molecule has 0 atom stereocenters. The highest BCUT2D eigenvalue weighted by molar-refractivity contribution is 7.99. The van der Waals surface area contributed by atoms with Crippen LogP contribution in [0.1, 0.15) is 49.9 Å². The van der Waals surface area contributed by atoms with Crippen LogP contribution in [0.3, 0.4) is 0 Å². The van der Waals surface area contributed by atoms with Gasteiger partial charge in [0.05, 0.1) is 6.20 Å². The number of hydrogen-bond acceptors (Lipinski definition) is 7. The molecular formula is C21H23N7OS. The predicted octanol–water partition coefficient (Wildman–Crippen LogP) is 4.28. The zero-order valence-electron chi connectivity index (χ0n) is 16.7. The van der Waals surface area contributed by atoms with Crippen LogP contribution in [0.5, 0.6) is 0 Å². The molecule has 2 aliphatic rings. The van der Waals surface area contributed by atoms with Crippen molar-refractivity contribution in [1.29, 1.82) is 0 Å². The van der Waals surface area contributed by atoms with E-state index in [1.807, 2.05) is 37.4 Å². The fourth-order valence-corrected chi connectivity index (χ4v) is 3.94. The van der Waals surface area contributed by atoms with E-state index in [2.05, 4.69) is 35.8 Å². The van der Waals surface area contributed by atoms with Gasteiger partial charge in [-0.3, -0.25) is 9.89 Å². The van der Waals surface area contributed by atoms with Crippen molar-refractivity contribution < 1.29 is 4.79 Å². The van der Waals surface area contributed by atoms with E-state index >= 15 is 0 Å². The second-order valence-electron chi connectivity index (χ2n) is 7.70. The van der Waals surface area contributed by atoms with Gasteiger partial charge in [0.25, 0.3) is 0 Å². The van der Waals surface area contributed by atoms with E-state index < -0.39 is 0 Å². The van der Waals surface area contributed by atoms with Crippen molar-refractivity contribution in [2.45, 2.75) is 55.0 Å². The van der Waals surface area contributed by atoms with E-state index in [4.69, 9.17) is 0 Å². The molecule has 8 nitrogen and oxygen atoms in total. The molecule has 2 heterocycles. The van der Waals surface area contributed by atoms with Crippen LogP contribution < -0.4 is 10.6 Å². The number of carbonyl (C=O) groups excluding carboxylic acids is 1. The highest BCUT2D eigenvalue weighted by Crippen LogP contribution is 2.43. The first-order valence-corrected chi connectivity index (χ1v) is 11.1. The molecule has 3 aromatic rings. The molecule has 0 spiro atoms. The Morgan fingerprint density at radius 2 is 1.93 bits per heavy atom. The molecule has 2 saturated carbocycles. The first-order valence-electron chi connectivity index (χ1n) is 10.3. The summed E-state index contributed by atoms with van der Waals surface area (Å²) in [5, 5.41) is 14.0. The number of carbonyl (C=O) groups is 1. The Kier molecular flexibility index (Phi) is 5.12. The Bertz CT molecular complexity index is 1060. The Balaban J connectivity index is 1.30. The minimum atomic E-state index is 0.112. The summed E-state index contributed by atoms with van der Waals surface area (Å²) < 4.78 is 0. The maximum absolute atomic E-state index is 11.9. The maximum atomic E-state index is 11.9. The average molecular weight is 422 g/mol. The van der Waals surface area contributed by atoms with E-state index in [1.165, 1.54) is 30.2 Å². The largest absolute Gasteiger partial charge is 0.326 e. The summed E-state index contributed by atoms with van der Waals surface area (Å²) in [7, 11) is 0. The molecule has 0 saturated heterocycles. The van der Waals surface area contributed by atoms with Gasteiger partial charge in [-0.2, -0.15) is 15.1 Å². The van der Waals surface area contributed by atoms with Crippen LogP contribution >= 0.6 is 11.8 Å². The molecule has 1 aromatic carbocycles. The van der Waals surface area contributed by atoms with Crippen LogP contribution in [0.4, 0.5) is 17.5 Å². The molecule has 9 heteroatoms. The van der Waals surface area contributed by atoms with Gasteiger partial charge in [0.1, 0.15) is 11.6 Å². The van der Waals surface area contributed by atoms with Crippen molar-refractivity contribution in [2.75, 3.05) is 10.6 Å². The Morgan fingerprint density at radius 3 is 2.63 bits per heavy atom. The van der Waals surface area contributed by atoms with Gasteiger partial charge in [-0.1, -0.05) is 6.92 Å². The van der Waals surface area contributed by atoms with Crippen LogP contribution in [-0.4, -0.2) is 31.1 Å². The SMILES string of the molecule is CCc1nc(Nc2[nH]ncc2C2CC2)nc(Sc2ccc(NC(=O)C3CC3)cc2)n1. The fourth-order valence-electron chi connectivity index (χ4n) is 3.17. The lowest BCUT2D eigenvalue weighted by atomic mass is 10.2. The highest BCUT2D eigenvalue weighted by Gasteiger charge is 2.29. The smallest absolute Gasteiger partial charge is 0.232 e. The van der Waals surface area contributed by atoms with Gasteiger partial charge in [-0.25, -0.2) is 4.98 Å². The Labute approximate surface area is 178 Å². The molecular weight excluding hydrogens is 398 g/mol. The number of nitrogens with one attached hydrogen (secondary N) is 3. The molecule has 1 amide bonds. The topological polar surface area (TPSA) is 108 Å². The zero-order valence-corrected chi connectivity index (χ0v) is 17.5. The van der Waals surface area contributed by atoms with Crippen LogP contribution in [-0.2, 0) is 11.2 Å². The second kappa shape index (κ2) is 8.06. The molecule has 2 fully saturated rings. The van der Waals surface area contributed by atoms with Crippen molar-refractivity contribution in [1.82, 2.24) is 25.1 Å². The summed E-state index contributed by atoms with van der Waals surface area (Å²) >= 11 is 1.47. The number of rotatable bonds is 8. The van der Waals surface area contributed by atoms with Crippen molar-refractivity contribution >= 4 is 35.1 Å². The van der Waals surface area contributed by atoms with Gasteiger partial charge in [0.2, 0.25) is 11.9 Å². The minimum Gasteiger partial charge on any atom is -0.326 e. The number of aryl methyl sites for hydroxylation is 1. The van der Waals surface area contributed by atoms with E-state index in [-0.39, 0.29) is 11.8 Å². The van der Waals surface area contributed by atoms with E-state index in [0.29, 0.717) is 17.0 Å². The highest BCUT2D eigenvalue weighted by atomic mass is 32.2. The van der Waals surface area contributed by atoms with Gasteiger partial charge in [0.15, 0.2) is 5.16 Å². The lowest BCUT2D eigenvalue weighted by Gasteiger charge is -2.09. The van der Waals surface area contributed by atoms with Crippen LogP contribution in [0, 0.1) is 5.92 Å². The minimum absolute atomic E-state index is 0.112. The third kappa shape index (κ3) is 4.46. The van der Waals surface area contributed by atoms with E-state index in [0.717, 1.165) is 41.5 Å². The van der Waals surface area contributed by atoms with Gasteiger partial charge < -0.3 is 10.6 Å². The van der Waals surface area contributed by atoms with Crippen molar-refractivity contribution in [2.24, 2.45) is 5.92 Å². The third-order valence-electron chi connectivity index (χ3n) is 5.18. The van der Waals surface area contributed by atoms with E-state index in [1.54, 1.807) is 0 Å². The normalized spacial score (nSPS) is 15.8. The number of nitrogens with zero attached hydrogens (tertiary/aromatic N) is 4. The summed E-state index contributed by atoms with van der Waals surface area (Å²) in [5.74, 6) is 2.99. The maximum Gasteiger partial charge on any atom is 0.232 e. The molecule has 5 rings (SSSR count). The van der Waals surface area contributed by atoms with Crippen molar-refractivity contribution in [3.8, 4) is 0 Å². The van der Waals surface area contributed by atoms with Crippen molar-refractivity contribution in [3.05, 3.63) is 41.9 Å². The summed E-state index contributed by atoms with van der Waals surface area (Å²) in [4.78, 5) is 26.6. The molecule has 3 N–H and O–H groups in total. The summed E-state index contributed by atoms with van der Waals surface area (Å²) in [6.45, 7) is 2.02. The Morgan fingerprint density at radius 1 is 1.13 bits per heavy atom. The quantitative estimate of drug-likeness (QED) is 0.498. The number of aromatic amines is 1. The van der Waals surface area contributed by atoms with Crippen LogP contribution in [0.25, 0.3) is 0 Å². The van der Waals surface area contributed by atoms with E-state index in [9.17, 15) is 4.79 Å². The molecule has 154 valence electrons. The van der Waals surface area contributed by atoms with Gasteiger partial charge >= 0.3 is 0 Å². The molecule has 2 aliphatic carbocycles. The number of hydrogen-bond donors (Lipinski definition) is 3. The van der Waals surface area contributed by atoms with Crippen molar-refractivity contribution in [3.63, 3.8) is 0 Å². The molecule has 2 aromatic heterocycles. The van der Waals surface area contributed by atoms with Gasteiger partial charge in [0, 0.05) is 28.5 Å². The monoisotopic (exact) mass is 421 g/mol. The van der Waals surface area contributed by atoms with Gasteiger partial charge in [-0.15, -0.1) is 0 Å². The number of benzene rings is 1. The average Bonchev–Trinajstić information content (AvgIpc) is 3.68. The lowest BCUT2D eigenvalue weighted by molar-refractivity contribution is -0.117. The zero-order chi connectivity index (χ0) is 20.5. The molecule has 0 aliphatic heterocycles. The second-order valence-corrected chi connectivity index (χ2v) is 8.74. The predicted molar refractivity (Wildman–Crippen MR) is 115 cm³/mol. The van der Waals surface area contributed by atoms with Crippen LogP contribution in [0.15, 0.2) is 40.5 Å². The first-order chi connectivity index (χ1) is 14.7. The molecule has 0 radical (unpaired) electrons. The molecule has 0 bridgehead atoms. The number of aromatic nitrogens is 5. The number of amides is 1. The fraction of sp³-hybridized carbons (Fsp3) is 0.381. The summed E-state index contributed by atoms with van der Waals surface area (Å²) in [6.07, 6.45) is 6.98. The molecule has 0 unspecified atom stereocenters. The first kappa shape index (κ1) is 19.0. The third-order valence-corrected chi connectivity index (χ3v) is 6.05. The Hall–Kier alpha value is -2.94.